The molecule has 2 amide bonds. The number of alkyl halides is 2. The number of benzene rings is 8. The van der Waals surface area contributed by atoms with E-state index in [-0.39, 0.29) is 65.5 Å². The van der Waals surface area contributed by atoms with Gasteiger partial charge in [0.1, 0.15) is 132 Å². The Bertz CT molecular complexity index is 5910. The van der Waals surface area contributed by atoms with Crippen LogP contribution in [0.25, 0.3) is 0 Å². The van der Waals surface area contributed by atoms with Crippen molar-refractivity contribution in [3.05, 3.63) is 237 Å². The lowest BCUT2D eigenvalue weighted by molar-refractivity contribution is -0.107. The van der Waals surface area contributed by atoms with Gasteiger partial charge in [-0.05, 0) is 242 Å². The Morgan fingerprint density at radius 3 is 0.908 bits per heavy atom. The molecule has 141 heavy (non-hydrogen) atoms. The van der Waals surface area contributed by atoms with Crippen LogP contribution < -0.4 is 131 Å². The molecule has 8 aromatic carbocycles. The van der Waals surface area contributed by atoms with Crippen molar-refractivity contribution in [3.63, 3.8) is 0 Å². The lowest BCUT2D eigenvalue weighted by Crippen LogP contribution is -2.35. The van der Waals surface area contributed by atoms with Gasteiger partial charge in [-0.2, -0.15) is 25.0 Å². The molecule has 748 valence electrons. The lowest BCUT2D eigenvalue weighted by Gasteiger charge is -2.19. The number of guanidine groups is 1. The highest BCUT2D eigenvalue weighted by atomic mass is 35.5. The summed E-state index contributed by atoms with van der Waals surface area (Å²) in [5.41, 5.74) is 28.1. The Morgan fingerprint density at radius 1 is 0.390 bits per heavy atom. The average Bonchev–Trinajstić information content (AvgIpc) is 1.18. The highest BCUT2D eigenvalue weighted by molar-refractivity contribution is 6.40. The molecule has 13 aromatic rings. The fourth-order valence-corrected chi connectivity index (χ4v) is 10.4. The Morgan fingerprint density at radius 2 is 0.652 bits per heavy atom. The fraction of sp³-hybridized carbons (Fsp3) is 0.250. The Hall–Kier alpha value is -17.2. The number of aromatic nitrogens is 10. The number of carbonyl (C=O) groups is 3. The third-order valence-corrected chi connectivity index (χ3v) is 16.9. The van der Waals surface area contributed by atoms with Crippen molar-refractivity contribution in [1.29, 1.82) is 5.41 Å². The van der Waals surface area contributed by atoms with Gasteiger partial charge < -0.3 is 145 Å². The predicted octanol–water partition coefficient (Wildman–Crippen LogP) is 16.6. The zero-order valence-electron chi connectivity index (χ0n) is 79.9. The van der Waals surface area contributed by atoms with E-state index in [1.54, 1.807) is 330 Å². The molecule has 0 atom stereocenters. The molecule has 0 spiro atoms. The van der Waals surface area contributed by atoms with Crippen LogP contribution in [-0.2, 0) is 14.3 Å². The van der Waals surface area contributed by atoms with Crippen molar-refractivity contribution in [2.45, 2.75) is 52.7 Å². The molecule has 5 aromatic heterocycles. The standard InChI is InChI=1S/C25H30N4O6.C21H24N6O4.C20H22N4O4.C18H17N3O4.C7H13NO3.C4H6N4.CH2Cl2/c1-25(2,3)35-24(30)27-15-14-26-21-16-28-23(34-20-12-8-18(32-5)9-13-20)29-22(21)33-19-10-6-17(31-4)7-11-19;1-28-14-3-7-16(8-4-14)30-19-18(24-11-12-25-20(22)23)13-26-21(27-19)31-17-9-5-15(29-2)6-10-17;1-25-14-3-7-16(8-4-14)27-19-18(22-12-11-21)13-23-20(24-19)28-17-9-5-15(26-2)6-10-17;1-22-12-3-7-14(8-4-12)24-17-16(19)11-20-18(21-17)25-15-9-5-13(23-2)6-10-15;1-7(2,3)11-6(10)8-4-5-9;5-4(6)8-3-1-2-7-8;2-1-3/h6-13,16,26H,14-15H2,1-5H3,(H,27,30);3-10,13,24H,11-12H2,1-2H3,(H4,22,23,25);3-10,13,22H,11-12,21H2,1-2H3;3-11H,19H2,1-2H3;5H,4H2,1-3H3,(H,8,10);1-3H,(H3,5,6);1H2. The van der Waals surface area contributed by atoms with Crippen molar-refractivity contribution in [3.8, 4) is 140 Å². The number of alkyl carbamates (subject to hydrolysis) is 2. The van der Waals surface area contributed by atoms with Crippen LogP contribution in [0, 0.1) is 5.41 Å². The lowest BCUT2D eigenvalue weighted by atomic mass is 10.2. The minimum absolute atomic E-state index is 0.00505. The second-order valence-corrected chi connectivity index (χ2v) is 30.3. The predicted molar refractivity (Wildman–Crippen MR) is 533 cm³/mol. The van der Waals surface area contributed by atoms with Crippen molar-refractivity contribution < 1.29 is 99.6 Å². The number of methoxy groups -OCH3 is 8. The van der Waals surface area contributed by atoms with Crippen molar-refractivity contribution in [2.75, 3.05) is 130 Å². The van der Waals surface area contributed by atoms with Crippen LogP contribution in [0.5, 0.6) is 140 Å². The first-order valence-electron chi connectivity index (χ1n) is 42.5. The number of halogens is 2. The van der Waals surface area contributed by atoms with E-state index in [0.717, 1.165) is 28.7 Å². The number of nitrogens with two attached hydrogens (primary N) is 5. The van der Waals surface area contributed by atoms with E-state index < -0.39 is 23.4 Å². The molecule has 0 aliphatic carbocycles. The van der Waals surface area contributed by atoms with Crippen LogP contribution in [0.4, 0.5) is 32.3 Å². The Balaban J connectivity index is 0.000000239. The highest BCUT2D eigenvalue weighted by Gasteiger charge is 2.21. The number of amides is 2. The zero-order chi connectivity index (χ0) is 102. The zero-order valence-corrected chi connectivity index (χ0v) is 81.4. The normalized spacial score (nSPS) is 10.2. The van der Waals surface area contributed by atoms with Gasteiger partial charge in [-0.15, -0.1) is 23.2 Å². The summed E-state index contributed by atoms with van der Waals surface area (Å²) in [6, 6.07) is 59.0. The monoisotopic (exact) mass is 1980 g/mol. The van der Waals surface area contributed by atoms with Crippen molar-refractivity contribution >= 4 is 76.3 Å². The second-order valence-electron chi connectivity index (χ2n) is 29.5. The molecule has 0 radical (unpaired) electrons. The Kier molecular flexibility index (Phi) is 46.8. The SMILES string of the molecule is CC(C)(C)OC(=O)NCC=O.COc1ccc(Oc2ncc(N)c(Oc3ccc(OC)cc3)n2)cc1.COc1ccc(Oc2ncc(NCCN)c(Oc3ccc(OC)cc3)n2)cc1.COc1ccc(Oc2ncc(NCCN=C(N)N)c(Oc3ccc(OC)cc3)n2)cc1.COc1ccc(Oc2ncc(NCCNC(=O)OC(C)(C)C)c(Oc3ccc(OC)cc3)n2)cc1.ClCCl.N=C(N)n1cccn1. The number of rotatable bonds is 37. The summed E-state index contributed by atoms with van der Waals surface area (Å²) in [5, 5.41) is 25.1. The third-order valence-electron chi connectivity index (χ3n) is 16.9. The maximum atomic E-state index is 11.8. The summed E-state index contributed by atoms with van der Waals surface area (Å²) in [6.07, 6.45) is 8.88. The van der Waals surface area contributed by atoms with E-state index >= 15 is 0 Å². The van der Waals surface area contributed by atoms with Gasteiger partial charge in [0.2, 0.25) is 29.5 Å². The van der Waals surface area contributed by atoms with Crippen LogP contribution in [0.1, 0.15) is 41.5 Å². The smallest absolute Gasteiger partial charge is 0.408 e. The Labute approximate surface area is 824 Å². The minimum atomic E-state index is -0.565. The van der Waals surface area contributed by atoms with Gasteiger partial charge in [-0.1, -0.05) is 0 Å². The molecule has 0 saturated carbocycles. The number of nitrogens with zero attached hydrogens (tertiary/aromatic N) is 11. The molecule has 16 N–H and O–H groups in total. The first kappa shape index (κ1) is 111. The molecule has 0 aliphatic heterocycles. The average molecular weight is 1980 g/mol. The highest BCUT2D eigenvalue weighted by Crippen LogP contribution is 2.37. The summed E-state index contributed by atoms with van der Waals surface area (Å²) in [5.74, 6) is 11.4. The molecule has 45 heteroatoms. The fourth-order valence-electron chi connectivity index (χ4n) is 10.4. The van der Waals surface area contributed by atoms with Crippen LogP contribution in [-0.4, -0.2) is 199 Å². The number of aldehydes is 1. The quantitative estimate of drug-likeness (QED) is 0.00566. The topological polar surface area (TPSA) is 565 Å². The molecule has 5 heterocycles. The molecular weight excluding hydrogens is 1870 g/mol. The number of carbonyl (C=O) groups excluding carboxylic acids is 3. The maximum Gasteiger partial charge on any atom is 0.408 e. The number of ether oxygens (including phenoxy) is 18. The van der Waals surface area contributed by atoms with E-state index in [4.69, 9.17) is 143 Å². The maximum absolute atomic E-state index is 11.8. The van der Waals surface area contributed by atoms with Gasteiger partial charge in [-0.3, -0.25) is 10.4 Å². The molecule has 0 aliphatic rings. The molecule has 43 nitrogen and oxygen atoms in total. The first-order valence-corrected chi connectivity index (χ1v) is 43.6. The van der Waals surface area contributed by atoms with Crippen molar-refractivity contribution in [1.82, 2.24) is 60.3 Å². The van der Waals surface area contributed by atoms with Gasteiger partial charge in [0.15, 0.2) is 5.96 Å². The van der Waals surface area contributed by atoms with Gasteiger partial charge >= 0.3 is 36.2 Å². The minimum Gasteiger partial charge on any atom is -0.497 e. The second kappa shape index (κ2) is 59.6. The number of anilines is 4. The summed E-state index contributed by atoms with van der Waals surface area (Å²) in [4.78, 5) is 70.5. The molecule has 13 rings (SSSR count). The van der Waals surface area contributed by atoms with Gasteiger partial charge in [0.25, 0.3) is 0 Å². The largest absolute Gasteiger partial charge is 0.497 e. The molecule has 0 bridgehead atoms. The summed E-state index contributed by atoms with van der Waals surface area (Å²) in [6.45, 7) is 13.3. The van der Waals surface area contributed by atoms with E-state index in [1.807, 2.05) is 0 Å². The number of nitrogen functional groups attached to an aromatic ring is 2. The summed E-state index contributed by atoms with van der Waals surface area (Å²) < 4.78 is 98.9. The summed E-state index contributed by atoms with van der Waals surface area (Å²) >= 11 is 9.53. The van der Waals surface area contributed by atoms with Crippen LogP contribution in [0.3, 0.4) is 0 Å². The molecule has 0 saturated heterocycles. The summed E-state index contributed by atoms with van der Waals surface area (Å²) in [7, 11) is 12.8. The van der Waals surface area contributed by atoms with E-state index in [2.05, 4.69) is 76.5 Å². The number of hydrogen-bond acceptors (Lipinski definition) is 37. The van der Waals surface area contributed by atoms with Gasteiger partial charge in [-0.25, -0.2) is 34.2 Å². The van der Waals surface area contributed by atoms with Crippen LogP contribution in [0.2, 0.25) is 0 Å². The third kappa shape index (κ3) is 42.3. The van der Waals surface area contributed by atoms with E-state index in [1.165, 1.54) is 10.9 Å². The van der Waals surface area contributed by atoms with E-state index in [0.29, 0.717) is 137 Å². The van der Waals surface area contributed by atoms with Crippen LogP contribution >= 0.6 is 23.2 Å². The number of aliphatic imine (C=N–C) groups is 1. The van der Waals surface area contributed by atoms with E-state index in [9.17, 15) is 14.4 Å². The molecule has 0 fully saturated rings. The van der Waals surface area contributed by atoms with Gasteiger partial charge in [0.05, 0.1) is 100 Å². The van der Waals surface area contributed by atoms with Crippen LogP contribution in [0.15, 0.2) is 242 Å². The van der Waals surface area contributed by atoms with Crippen molar-refractivity contribution in [2.24, 2.45) is 27.9 Å². The van der Waals surface area contributed by atoms with Gasteiger partial charge in [0, 0.05) is 45.1 Å². The first-order chi connectivity index (χ1) is 67.9. The molecular formula is C96H114Cl2N22O21. The number of nitrogens with one attached hydrogen (secondary N) is 6. The molecule has 0 unspecified atom stereocenters. The number of hydrogen-bond donors (Lipinski definition) is 11.